The Kier molecular flexibility index (Phi) is 10.7. The van der Waals surface area contributed by atoms with Crippen LogP contribution in [0, 0.1) is 0 Å². The zero-order chi connectivity index (χ0) is 11.6. The highest BCUT2D eigenvalue weighted by Gasteiger charge is 2.04. The summed E-state index contributed by atoms with van der Waals surface area (Å²) in [6.07, 6.45) is 3.37. The van der Waals surface area contributed by atoms with Crippen molar-refractivity contribution in [2.24, 2.45) is 0 Å². The first kappa shape index (κ1) is 15.2. The van der Waals surface area contributed by atoms with Gasteiger partial charge in [0, 0.05) is 14.0 Å². The second-order valence-electron chi connectivity index (χ2n) is 2.45. The minimum Gasteiger partial charge on any atom is -0.499 e. The van der Waals surface area contributed by atoms with Crippen LogP contribution in [-0.4, -0.2) is 31.5 Å². The molecule has 0 heterocycles. The van der Waals surface area contributed by atoms with Crippen LogP contribution in [0.5, 0.6) is 0 Å². The molecule has 0 aliphatic heterocycles. The van der Waals surface area contributed by atoms with E-state index < -0.39 is 0 Å². The first-order chi connectivity index (χ1) is 6.61. The lowest BCUT2D eigenvalue weighted by atomic mass is 10.4. The summed E-state index contributed by atoms with van der Waals surface area (Å²) in [5.41, 5.74) is 0. The van der Waals surface area contributed by atoms with Crippen LogP contribution < -0.4 is 0 Å². The molecule has 0 aromatic carbocycles. The third-order valence-electron chi connectivity index (χ3n) is 1.50. The Morgan fingerprint density at radius 1 is 1.50 bits per heavy atom. The van der Waals surface area contributed by atoms with Gasteiger partial charge < -0.3 is 9.64 Å². The van der Waals surface area contributed by atoms with Gasteiger partial charge in [0.05, 0.1) is 13.7 Å². The summed E-state index contributed by atoms with van der Waals surface area (Å²) >= 11 is 0. The van der Waals surface area contributed by atoms with Crippen molar-refractivity contribution in [2.45, 2.75) is 20.8 Å². The van der Waals surface area contributed by atoms with Crippen molar-refractivity contribution >= 4 is 5.91 Å². The van der Waals surface area contributed by atoms with E-state index in [0.29, 0.717) is 6.54 Å². The molecule has 3 heteroatoms. The molecule has 0 N–H and O–H groups in total. The third-order valence-corrected chi connectivity index (χ3v) is 1.50. The van der Waals surface area contributed by atoms with E-state index >= 15 is 0 Å². The van der Waals surface area contributed by atoms with E-state index in [0.717, 1.165) is 5.76 Å². The van der Waals surface area contributed by atoms with Crippen LogP contribution in [0.1, 0.15) is 20.8 Å². The summed E-state index contributed by atoms with van der Waals surface area (Å²) < 4.78 is 5.01. The smallest absolute Gasteiger partial charge is 0.219 e. The standard InChI is InChI=1S/C9H15NO2.C2H6/c1-5-6-9(12-4)7-10(3)8(2)11;1-2/h5-6H,1,7H2,2-4H3;1-2H3/b9-6-;. The first-order valence-electron chi connectivity index (χ1n) is 4.69. The molecule has 0 rings (SSSR count). The van der Waals surface area contributed by atoms with Crippen molar-refractivity contribution in [2.75, 3.05) is 20.7 Å². The van der Waals surface area contributed by atoms with Crippen molar-refractivity contribution < 1.29 is 9.53 Å². The predicted octanol–water partition coefficient (Wildman–Crippen LogP) is 2.21. The van der Waals surface area contributed by atoms with E-state index in [9.17, 15) is 4.79 Å². The normalized spacial score (nSPS) is 9.64. The maximum Gasteiger partial charge on any atom is 0.219 e. The van der Waals surface area contributed by atoms with Crippen molar-refractivity contribution in [1.29, 1.82) is 0 Å². The highest BCUT2D eigenvalue weighted by molar-refractivity contribution is 5.73. The fourth-order valence-electron chi connectivity index (χ4n) is 0.662. The minimum absolute atomic E-state index is 0.0158. The highest BCUT2D eigenvalue weighted by Crippen LogP contribution is 1.98. The van der Waals surface area contributed by atoms with Crippen LogP contribution >= 0.6 is 0 Å². The Balaban J connectivity index is 0. The van der Waals surface area contributed by atoms with Gasteiger partial charge in [0.2, 0.25) is 5.91 Å². The molecule has 0 aromatic rings. The van der Waals surface area contributed by atoms with Gasteiger partial charge in [0.25, 0.3) is 0 Å². The number of allylic oxidation sites excluding steroid dienone is 2. The van der Waals surface area contributed by atoms with Gasteiger partial charge in [-0.05, 0) is 6.08 Å². The predicted molar refractivity (Wildman–Crippen MR) is 59.9 cm³/mol. The van der Waals surface area contributed by atoms with E-state index in [4.69, 9.17) is 4.74 Å². The molecule has 0 aliphatic carbocycles. The van der Waals surface area contributed by atoms with Gasteiger partial charge in [-0.15, -0.1) is 0 Å². The van der Waals surface area contributed by atoms with Crippen molar-refractivity contribution in [1.82, 2.24) is 4.90 Å². The highest BCUT2D eigenvalue weighted by atomic mass is 16.5. The van der Waals surface area contributed by atoms with E-state index in [-0.39, 0.29) is 5.91 Å². The number of carbonyl (C=O) groups is 1. The Morgan fingerprint density at radius 2 is 2.00 bits per heavy atom. The minimum atomic E-state index is 0.0158. The second kappa shape index (κ2) is 9.84. The topological polar surface area (TPSA) is 29.5 Å². The quantitative estimate of drug-likeness (QED) is 0.513. The Labute approximate surface area is 87.1 Å². The van der Waals surface area contributed by atoms with E-state index in [1.54, 1.807) is 31.2 Å². The molecule has 0 saturated carbocycles. The fourth-order valence-corrected chi connectivity index (χ4v) is 0.662. The van der Waals surface area contributed by atoms with Gasteiger partial charge in [-0.25, -0.2) is 0 Å². The molecule has 0 saturated heterocycles. The van der Waals surface area contributed by atoms with E-state index in [2.05, 4.69) is 6.58 Å². The summed E-state index contributed by atoms with van der Waals surface area (Å²) in [4.78, 5) is 12.4. The maximum absolute atomic E-state index is 10.8. The van der Waals surface area contributed by atoms with Crippen molar-refractivity contribution in [3.8, 4) is 0 Å². The summed E-state index contributed by atoms with van der Waals surface area (Å²) in [6, 6.07) is 0. The number of likely N-dealkylation sites (N-methyl/N-ethyl adjacent to an activating group) is 1. The number of rotatable bonds is 4. The average molecular weight is 199 g/mol. The molecule has 0 aliphatic rings. The molecule has 14 heavy (non-hydrogen) atoms. The van der Waals surface area contributed by atoms with Gasteiger partial charge in [0.1, 0.15) is 5.76 Å². The number of hydrogen-bond acceptors (Lipinski definition) is 2. The lowest BCUT2D eigenvalue weighted by molar-refractivity contribution is -0.127. The van der Waals surface area contributed by atoms with Gasteiger partial charge in [-0.1, -0.05) is 26.5 Å². The lowest BCUT2D eigenvalue weighted by Gasteiger charge is -2.15. The molecule has 0 radical (unpaired) electrons. The third kappa shape index (κ3) is 7.40. The van der Waals surface area contributed by atoms with Crippen LogP contribution in [0.4, 0.5) is 0 Å². The van der Waals surface area contributed by atoms with Gasteiger partial charge in [-0.2, -0.15) is 0 Å². The number of amides is 1. The number of ether oxygens (including phenoxy) is 1. The van der Waals surface area contributed by atoms with Crippen molar-refractivity contribution in [3.05, 3.63) is 24.5 Å². The van der Waals surface area contributed by atoms with Crippen LogP contribution in [0.25, 0.3) is 0 Å². The fraction of sp³-hybridized carbons (Fsp3) is 0.545. The van der Waals surface area contributed by atoms with E-state index in [1.165, 1.54) is 6.92 Å². The molecule has 0 fully saturated rings. The second-order valence-corrected chi connectivity index (χ2v) is 2.45. The number of hydrogen-bond donors (Lipinski definition) is 0. The van der Waals surface area contributed by atoms with Gasteiger partial charge >= 0.3 is 0 Å². The van der Waals surface area contributed by atoms with Crippen LogP contribution in [0.3, 0.4) is 0 Å². The number of methoxy groups -OCH3 is 1. The Hall–Kier alpha value is -1.25. The van der Waals surface area contributed by atoms with Crippen LogP contribution in [-0.2, 0) is 9.53 Å². The summed E-state index contributed by atoms with van der Waals surface area (Å²) in [6.45, 7) is 9.54. The molecular weight excluding hydrogens is 178 g/mol. The van der Waals surface area contributed by atoms with Crippen LogP contribution in [0.15, 0.2) is 24.5 Å². The molecule has 82 valence electrons. The van der Waals surface area contributed by atoms with Crippen molar-refractivity contribution in [3.63, 3.8) is 0 Å². The number of nitrogens with zero attached hydrogens (tertiary/aromatic N) is 1. The Bertz CT molecular complexity index is 197. The summed E-state index contributed by atoms with van der Waals surface area (Å²) in [5.74, 6) is 0.740. The Morgan fingerprint density at radius 3 is 2.29 bits per heavy atom. The monoisotopic (exact) mass is 199 g/mol. The molecule has 0 aromatic heterocycles. The summed E-state index contributed by atoms with van der Waals surface area (Å²) in [5, 5.41) is 0. The average Bonchev–Trinajstić information content (AvgIpc) is 2.19. The first-order valence-corrected chi connectivity index (χ1v) is 4.69. The zero-order valence-corrected chi connectivity index (χ0v) is 9.83. The molecule has 1 amide bonds. The van der Waals surface area contributed by atoms with Gasteiger partial charge in [-0.3, -0.25) is 4.79 Å². The molecule has 0 unspecified atom stereocenters. The molecule has 0 spiro atoms. The summed E-state index contributed by atoms with van der Waals surface area (Å²) in [7, 11) is 3.29. The largest absolute Gasteiger partial charge is 0.499 e. The SMILES string of the molecule is C=C/C=C(/CN(C)C(C)=O)OC.CC. The molecule has 3 nitrogen and oxygen atoms in total. The van der Waals surface area contributed by atoms with Gasteiger partial charge in [0.15, 0.2) is 0 Å². The van der Waals surface area contributed by atoms with E-state index in [1.807, 2.05) is 13.8 Å². The van der Waals surface area contributed by atoms with Crippen LogP contribution in [0.2, 0.25) is 0 Å². The molecule has 0 atom stereocenters. The lowest BCUT2D eigenvalue weighted by Crippen LogP contribution is -2.26. The number of carbonyl (C=O) groups excluding carboxylic acids is 1. The molecule has 0 bridgehead atoms. The zero-order valence-electron chi connectivity index (χ0n) is 9.83. The maximum atomic E-state index is 10.8. The molecular formula is C11H21NO2.